The predicted octanol–water partition coefficient (Wildman–Crippen LogP) is 0.645. The number of carbonyl (C=O) groups excluding carboxylic acids is 1. The van der Waals surface area contributed by atoms with Gasteiger partial charge in [0.25, 0.3) is 0 Å². The molecule has 0 saturated carbocycles. The highest BCUT2D eigenvalue weighted by molar-refractivity contribution is 7.07. The second-order valence-corrected chi connectivity index (χ2v) is 4.03. The SMILES string of the molecule is COC(=O)C(C)=CCNCc1csc(=O)[nH]1. The van der Waals surface area contributed by atoms with Crippen molar-refractivity contribution in [3.63, 3.8) is 0 Å². The quantitative estimate of drug-likeness (QED) is 0.452. The number of aromatic nitrogens is 1. The Morgan fingerprint density at radius 1 is 1.69 bits per heavy atom. The summed E-state index contributed by atoms with van der Waals surface area (Å²) in [6, 6.07) is 0. The lowest BCUT2D eigenvalue weighted by molar-refractivity contribution is -0.136. The number of carbonyl (C=O) groups is 1. The van der Waals surface area contributed by atoms with E-state index >= 15 is 0 Å². The van der Waals surface area contributed by atoms with Gasteiger partial charge in [-0.05, 0) is 6.92 Å². The van der Waals surface area contributed by atoms with Crippen molar-refractivity contribution in [1.29, 1.82) is 0 Å². The summed E-state index contributed by atoms with van der Waals surface area (Å²) in [6.07, 6.45) is 1.75. The molecule has 0 aliphatic heterocycles. The van der Waals surface area contributed by atoms with Crippen molar-refractivity contribution in [3.05, 3.63) is 32.4 Å². The van der Waals surface area contributed by atoms with Crippen LogP contribution in [0.25, 0.3) is 0 Å². The molecule has 0 saturated heterocycles. The summed E-state index contributed by atoms with van der Waals surface area (Å²) in [5.41, 5.74) is 1.41. The van der Waals surface area contributed by atoms with E-state index < -0.39 is 0 Å². The highest BCUT2D eigenvalue weighted by Crippen LogP contribution is 1.96. The molecule has 5 nitrogen and oxygen atoms in total. The van der Waals surface area contributed by atoms with E-state index in [9.17, 15) is 9.59 Å². The van der Waals surface area contributed by atoms with Crippen molar-refractivity contribution in [2.24, 2.45) is 0 Å². The Balaban J connectivity index is 2.31. The molecule has 88 valence electrons. The van der Waals surface area contributed by atoms with Gasteiger partial charge in [0.05, 0.1) is 7.11 Å². The Kier molecular flexibility index (Phi) is 4.94. The molecule has 0 aromatic carbocycles. The van der Waals surface area contributed by atoms with Crippen LogP contribution in [0.3, 0.4) is 0 Å². The van der Waals surface area contributed by atoms with Gasteiger partial charge < -0.3 is 15.0 Å². The molecule has 1 aromatic heterocycles. The normalized spacial score (nSPS) is 11.5. The lowest BCUT2D eigenvalue weighted by Gasteiger charge is -2.00. The largest absolute Gasteiger partial charge is 0.466 e. The van der Waals surface area contributed by atoms with Crippen molar-refractivity contribution < 1.29 is 9.53 Å². The number of H-pyrrole nitrogens is 1. The Morgan fingerprint density at radius 3 is 3.00 bits per heavy atom. The smallest absolute Gasteiger partial charge is 0.333 e. The second-order valence-electron chi connectivity index (χ2n) is 3.18. The summed E-state index contributed by atoms with van der Waals surface area (Å²) in [5, 5.41) is 4.85. The molecule has 6 heteroatoms. The maximum Gasteiger partial charge on any atom is 0.333 e. The molecule has 0 spiro atoms. The molecule has 0 fully saturated rings. The zero-order chi connectivity index (χ0) is 12.0. The fourth-order valence-electron chi connectivity index (χ4n) is 1.08. The van der Waals surface area contributed by atoms with Gasteiger partial charge in [0, 0.05) is 29.7 Å². The highest BCUT2D eigenvalue weighted by Gasteiger charge is 2.01. The van der Waals surface area contributed by atoms with Gasteiger partial charge in [0.1, 0.15) is 0 Å². The topological polar surface area (TPSA) is 71.2 Å². The molecule has 16 heavy (non-hydrogen) atoms. The van der Waals surface area contributed by atoms with Gasteiger partial charge in [-0.15, -0.1) is 0 Å². The van der Waals surface area contributed by atoms with Gasteiger partial charge in [-0.2, -0.15) is 0 Å². The van der Waals surface area contributed by atoms with Gasteiger partial charge in [-0.3, -0.25) is 4.79 Å². The molecular formula is C10H14N2O3S. The summed E-state index contributed by atoms with van der Waals surface area (Å²) in [7, 11) is 1.35. The molecule has 1 aromatic rings. The van der Waals surface area contributed by atoms with Crippen molar-refractivity contribution in [1.82, 2.24) is 10.3 Å². The first-order valence-electron chi connectivity index (χ1n) is 4.76. The van der Waals surface area contributed by atoms with Crippen LogP contribution in [0.5, 0.6) is 0 Å². The second kappa shape index (κ2) is 6.24. The lowest BCUT2D eigenvalue weighted by atomic mass is 10.3. The van der Waals surface area contributed by atoms with E-state index in [2.05, 4.69) is 15.0 Å². The zero-order valence-electron chi connectivity index (χ0n) is 9.20. The van der Waals surface area contributed by atoms with E-state index in [0.29, 0.717) is 18.7 Å². The maximum absolute atomic E-state index is 11.0. The molecule has 0 aliphatic carbocycles. The Hall–Kier alpha value is -1.40. The number of nitrogens with one attached hydrogen (secondary N) is 2. The van der Waals surface area contributed by atoms with E-state index in [-0.39, 0.29) is 10.8 Å². The predicted molar refractivity (Wildman–Crippen MR) is 62.4 cm³/mol. The fourth-order valence-corrected chi connectivity index (χ4v) is 1.66. The summed E-state index contributed by atoms with van der Waals surface area (Å²) in [5.74, 6) is -0.328. The summed E-state index contributed by atoms with van der Waals surface area (Å²) < 4.78 is 4.55. The van der Waals surface area contributed by atoms with Crippen LogP contribution in [0.2, 0.25) is 0 Å². The molecule has 0 atom stereocenters. The third kappa shape index (κ3) is 4.00. The van der Waals surface area contributed by atoms with E-state index in [4.69, 9.17) is 0 Å². The summed E-state index contributed by atoms with van der Waals surface area (Å²) >= 11 is 1.14. The fraction of sp³-hybridized carbons (Fsp3) is 0.400. The summed E-state index contributed by atoms with van der Waals surface area (Å²) in [4.78, 5) is 24.5. The number of hydrogen-bond donors (Lipinski definition) is 2. The molecule has 0 aliphatic rings. The van der Waals surface area contributed by atoms with Crippen LogP contribution in [0.15, 0.2) is 21.8 Å². The molecule has 1 rings (SSSR count). The van der Waals surface area contributed by atoms with Crippen LogP contribution in [0.4, 0.5) is 0 Å². The first-order valence-corrected chi connectivity index (χ1v) is 5.64. The van der Waals surface area contributed by atoms with E-state index in [0.717, 1.165) is 17.0 Å². The molecular weight excluding hydrogens is 228 g/mol. The minimum absolute atomic E-state index is 0.0573. The minimum atomic E-state index is -0.328. The first kappa shape index (κ1) is 12.7. The van der Waals surface area contributed by atoms with Crippen molar-refractivity contribution in [3.8, 4) is 0 Å². The van der Waals surface area contributed by atoms with Gasteiger partial charge in [-0.1, -0.05) is 17.4 Å². The molecule has 0 radical (unpaired) electrons. The Labute approximate surface area is 97.1 Å². The third-order valence-electron chi connectivity index (χ3n) is 1.95. The van der Waals surface area contributed by atoms with Gasteiger partial charge in [0.15, 0.2) is 0 Å². The van der Waals surface area contributed by atoms with Crippen LogP contribution < -0.4 is 10.2 Å². The first-order chi connectivity index (χ1) is 7.63. The average Bonchev–Trinajstić information content (AvgIpc) is 2.69. The molecule has 2 N–H and O–H groups in total. The Bertz CT molecular complexity index is 433. The number of thiazole rings is 1. The number of rotatable bonds is 5. The third-order valence-corrected chi connectivity index (χ3v) is 2.66. The molecule has 0 bridgehead atoms. The van der Waals surface area contributed by atoms with Gasteiger partial charge in [-0.25, -0.2) is 4.79 Å². The minimum Gasteiger partial charge on any atom is -0.466 e. The zero-order valence-corrected chi connectivity index (χ0v) is 10.0. The van der Waals surface area contributed by atoms with Crippen LogP contribution >= 0.6 is 11.3 Å². The van der Waals surface area contributed by atoms with Crippen LogP contribution in [0, 0.1) is 0 Å². The number of aromatic amines is 1. The molecule has 0 unspecified atom stereocenters. The van der Waals surface area contributed by atoms with Crippen molar-refractivity contribution in [2.75, 3.05) is 13.7 Å². The molecule has 0 amide bonds. The standard InChI is InChI=1S/C10H14N2O3S/c1-7(9(13)15-2)3-4-11-5-8-6-16-10(14)12-8/h3,6,11H,4-5H2,1-2H3,(H,12,14). The average molecular weight is 242 g/mol. The number of hydrogen-bond acceptors (Lipinski definition) is 5. The van der Waals surface area contributed by atoms with E-state index in [1.54, 1.807) is 18.4 Å². The van der Waals surface area contributed by atoms with Gasteiger partial charge >= 0.3 is 10.8 Å². The van der Waals surface area contributed by atoms with Crippen LogP contribution in [0.1, 0.15) is 12.6 Å². The number of methoxy groups -OCH3 is 1. The monoisotopic (exact) mass is 242 g/mol. The van der Waals surface area contributed by atoms with Gasteiger partial charge in [0.2, 0.25) is 0 Å². The summed E-state index contributed by atoms with van der Waals surface area (Å²) in [6.45, 7) is 2.82. The molecule has 1 heterocycles. The maximum atomic E-state index is 11.0. The number of ether oxygens (including phenoxy) is 1. The highest BCUT2D eigenvalue weighted by atomic mass is 32.1. The number of esters is 1. The van der Waals surface area contributed by atoms with Crippen LogP contribution in [-0.4, -0.2) is 24.6 Å². The Morgan fingerprint density at radius 2 is 2.44 bits per heavy atom. The van der Waals surface area contributed by atoms with Crippen molar-refractivity contribution in [2.45, 2.75) is 13.5 Å². The van der Waals surface area contributed by atoms with Crippen molar-refractivity contribution >= 4 is 17.3 Å². The van der Waals surface area contributed by atoms with E-state index in [1.165, 1.54) is 7.11 Å². The lowest BCUT2D eigenvalue weighted by Crippen LogP contribution is -2.15. The van der Waals surface area contributed by atoms with E-state index in [1.807, 2.05) is 0 Å². The van der Waals surface area contributed by atoms with Crippen LogP contribution in [-0.2, 0) is 16.1 Å².